The number of aryl methyl sites for hydroxylation is 2. The fraction of sp³-hybridized carbons (Fsp3) is 0.441. The number of rotatable bonds is 14. The first-order valence-electron chi connectivity index (χ1n) is 15.9. The number of benzene rings is 3. The van der Waals surface area contributed by atoms with Crippen LogP contribution in [0.1, 0.15) is 48.4 Å². The van der Waals surface area contributed by atoms with Crippen LogP contribution in [0.5, 0.6) is 17.2 Å². The number of sulfonamides is 1. The van der Waals surface area contributed by atoms with Crippen LogP contribution in [0.25, 0.3) is 11.0 Å². The highest BCUT2D eigenvalue weighted by atomic mass is 32.2. The van der Waals surface area contributed by atoms with Gasteiger partial charge in [-0.15, -0.1) is 5.10 Å². The van der Waals surface area contributed by atoms with Crippen molar-refractivity contribution in [2.24, 2.45) is 12.8 Å². The number of nitrogens with zero attached hydrogens (tertiary/aromatic N) is 4. The van der Waals surface area contributed by atoms with E-state index < -0.39 is 22.0 Å². The van der Waals surface area contributed by atoms with Crippen LogP contribution in [0.3, 0.4) is 0 Å². The van der Waals surface area contributed by atoms with Crippen molar-refractivity contribution < 1.29 is 36.9 Å². The van der Waals surface area contributed by atoms with E-state index in [2.05, 4.69) is 10.3 Å². The fourth-order valence-corrected chi connectivity index (χ4v) is 7.42. The van der Waals surface area contributed by atoms with Gasteiger partial charge in [-0.2, -0.15) is 4.31 Å². The van der Waals surface area contributed by atoms with E-state index in [0.29, 0.717) is 43.4 Å². The minimum Gasteiger partial charge on any atom is -0.494 e. The molecule has 2 heterocycles. The van der Waals surface area contributed by atoms with Crippen LogP contribution in [-0.2, 0) is 37.9 Å². The lowest BCUT2D eigenvalue weighted by Crippen LogP contribution is -2.35. The van der Waals surface area contributed by atoms with Crippen molar-refractivity contribution in [1.29, 1.82) is 0 Å². The number of hydrogen-bond donors (Lipinski definition) is 1. The number of hydrogen-bond acceptors (Lipinski definition) is 11. The van der Waals surface area contributed by atoms with Gasteiger partial charge in [0.2, 0.25) is 10.0 Å². The zero-order chi connectivity index (χ0) is 34.4. The summed E-state index contributed by atoms with van der Waals surface area (Å²) >= 11 is 0. The predicted octanol–water partition coefficient (Wildman–Crippen LogP) is 3.70. The van der Waals surface area contributed by atoms with Gasteiger partial charge in [0, 0.05) is 32.1 Å². The summed E-state index contributed by atoms with van der Waals surface area (Å²) in [6.07, 6.45) is -0.370. The molecule has 0 radical (unpaired) electrons. The molecular formula is C34H43N5O8S. The zero-order valence-corrected chi connectivity index (χ0v) is 28.8. The monoisotopic (exact) mass is 681 g/mol. The summed E-state index contributed by atoms with van der Waals surface area (Å²) in [5.41, 5.74) is 10.1. The van der Waals surface area contributed by atoms with Gasteiger partial charge in [0.15, 0.2) is 0 Å². The first-order chi connectivity index (χ1) is 23.0. The standard InChI is InChI=1S/C34H43N5O8S/c1-6-45-33(40)19-28(25-16-29-34(31(17-25)43-5)38(4)37-36-29)24-8-7-22(2)26(15-24)21-39-20-23(3)47-30-18-27(46-14-13-44-12-11-35)9-10-32(30)48(39,41)42/h7-10,15-18,23,28H,6,11-14,19-21,35H2,1-5H3/t23-,28?/m1/s1. The Balaban J connectivity index is 1.46. The summed E-state index contributed by atoms with van der Waals surface area (Å²) in [7, 11) is -0.589. The average Bonchev–Trinajstić information content (AvgIpc) is 3.40. The number of aromatic nitrogens is 3. The number of carbonyl (C=O) groups excluding carboxylic acids is 1. The van der Waals surface area contributed by atoms with E-state index in [-0.39, 0.29) is 42.7 Å². The van der Waals surface area contributed by atoms with Gasteiger partial charge < -0.3 is 29.4 Å². The molecule has 0 saturated carbocycles. The van der Waals surface area contributed by atoms with E-state index >= 15 is 0 Å². The van der Waals surface area contributed by atoms with Gasteiger partial charge in [0.1, 0.15) is 45.9 Å². The van der Waals surface area contributed by atoms with Gasteiger partial charge in [0.25, 0.3) is 0 Å². The molecule has 4 aromatic rings. The molecule has 1 aliphatic heterocycles. The van der Waals surface area contributed by atoms with Crippen LogP contribution in [0.2, 0.25) is 0 Å². The second-order valence-corrected chi connectivity index (χ2v) is 13.5. The predicted molar refractivity (Wildman–Crippen MR) is 179 cm³/mol. The van der Waals surface area contributed by atoms with Crippen LogP contribution in [0.4, 0.5) is 0 Å². The van der Waals surface area contributed by atoms with Gasteiger partial charge in [-0.3, -0.25) is 4.79 Å². The van der Waals surface area contributed by atoms with E-state index in [1.165, 1.54) is 10.4 Å². The lowest BCUT2D eigenvalue weighted by atomic mass is 9.86. The molecule has 0 saturated heterocycles. The van der Waals surface area contributed by atoms with Gasteiger partial charge in [-0.05, 0) is 67.3 Å². The summed E-state index contributed by atoms with van der Waals surface area (Å²) in [6, 6.07) is 14.4. The molecule has 2 N–H and O–H groups in total. The molecule has 1 aromatic heterocycles. The molecule has 48 heavy (non-hydrogen) atoms. The number of ether oxygens (including phenoxy) is 5. The molecule has 0 aliphatic carbocycles. The molecule has 0 bridgehead atoms. The highest BCUT2D eigenvalue weighted by Gasteiger charge is 2.34. The van der Waals surface area contributed by atoms with Crippen LogP contribution in [0.15, 0.2) is 53.4 Å². The minimum atomic E-state index is -3.95. The molecular weight excluding hydrogens is 638 g/mol. The van der Waals surface area contributed by atoms with E-state index in [1.807, 2.05) is 44.2 Å². The lowest BCUT2D eigenvalue weighted by molar-refractivity contribution is -0.143. The Labute approximate surface area is 280 Å². The molecule has 1 unspecified atom stereocenters. The minimum absolute atomic E-state index is 0.0646. The highest BCUT2D eigenvalue weighted by Crippen LogP contribution is 2.38. The Morgan fingerprint density at radius 2 is 1.92 bits per heavy atom. The van der Waals surface area contributed by atoms with Gasteiger partial charge in [-0.1, -0.05) is 23.4 Å². The normalized spacial score (nSPS) is 16.5. The lowest BCUT2D eigenvalue weighted by Gasteiger charge is -2.24. The molecule has 3 aromatic carbocycles. The quantitative estimate of drug-likeness (QED) is 0.153. The highest BCUT2D eigenvalue weighted by molar-refractivity contribution is 7.89. The molecule has 258 valence electrons. The summed E-state index contributed by atoms with van der Waals surface area (Å²) in [5, 5.41) is 8.42. The van der Waals surface area contributed by atoms with Crippen molar-refractivity contribution in [3.05, 3.63) is 70.8 Å². The van der Waals surface area contributed by atoms with Crippen LogP contribution >= 0.6 is 0 Å². The first kappa shape index (κ1) is 35.1. The van der Waals surface area contributed by atoms with Crippen molar-refractivity contribution in [3.63, 3.8) is 0 Å². The Morgan fingerprint density at radius 3 is 2.67 bits per heavy atom. The Bertz CT molecular complexity index is 1860. The number of nitrogens with two attached hydrogens (primary N) is 1. The van der Waals surface area contributed by atoms with Gasteiger partial charge in [-0.25, -0.2) is 13.1 Å². The maximum atomic E-state index is 14.1. The molecule has 0 fully saturated rings. The van der Waals surface area contributed by atoms with Gasteiger partial charge >= 0.3 is 5.97 Å². The van der Waals surface area contributed by atoms with Crippen molar-refractivity contribution >= 4 is 27.0 Å². The Morgan fingerprint density at radius 1 is 1.10 bits per heavy atom. The Hall–Kier alpha value is -4.24. The maximum Gasteiger partial charge on any atom is 0.306 e. The van der Waals surface area contributed by atoms with Crippen molar-refractivity contribution in [1.82, 2.24) is 19.3 Å². The van der Waals surface area contributed by atoms with Crippen LogP contribution in [0, 0.1) is 6.92 Å². The summed E-state index contributed by atoms with van der Waals surface area (Å²) in [6.45, 7) is 7.54. The summed E-state index contributed by atoms with van der Waals surface area (Å²) < 4.78 is 59.4. The molecule has 14 heteroatoms. The molecule has 13 nitrogen and oxygen atoms in total. The topological polar surface area (TPSA) is 157 Å². The van der Waals surface area contributed by atoms with E-state index in [4.69, 9.17) is 29.4 Å². The van der Waals surface area contributed by atoms with E-state index in [1.54, 1.807) is 37.9 Å². The average molecular weight is 682 g/mol. The SMILES string of the molecule is CCOC(=O)CC(c1ccc(C)c(CN2C[C@@H](C)Oc3cc(OCCOCCN)ccc3S2(=O)=O)c1)c1cc(OC)c2c(c1)nnn2C. The fourth-order valence-electron chi connectivity index (χ4n) is 5.83. The third kappa shape index (κ3) is 7.73. The van der Waals surface area contributed by atoms with E-state index in [9.17, 15) is 13.2 Å². The van der Waals surface area contributed by atoms with Crippen LogP contribution < -0.4 is 19.9 Å². The van der Waals surface area contributed by atoms with Gasteiger partial charge in [0.05, 0.1) is 39.9 Å². The first-order valence-corrected chi connectivity index (χ1v) is 17.3. The third-order valence-electron chi connectivity index (χ3n) is 8.19. The molecule has 0 amide bonds. The number of methoxy groups -OCH3 is 1. The van der Waals surface area contributed by atoms with Crippen LogP contribution in [-0.4, -0.2) is 86.4 Å². The molecule has 5 rings (SSSR count). The summed E-state index contributed by atoms with van der Waals surface area (Å²) in [4.78, 5) is 13.0. The van der Waals surface area contributed by atoms with Crippen molar-refractivity contribution in [3.8, 4) is 17.2 Å². The largest absolute Gasteiger partial charge is 0.494 e. The molecule has 0 spiro atoms. The second-order valence-electron chi connectivity index (χ2n) is 11.6. The molecule has 2 atom stereocenters. The maximum absolute atomic E-state index is 14.1. The smallest absolute Gasteiger partial charge is 0.306 e. The number of fused-ring (bicyclic) bond motifs is 2. The number of esters is 1. The second kappa shape index (κ2) is 15.3. The third-order valence-corrected chi connectivity index (χ3v) is 10.0. The summed E-state index contributed by atoms with van der Waals surface area (Å²) in [5.74, 6) is 0.513. The van der Waals surface area contributed by atoms with E-state index in [0.717, 1.165) is 27.8 Å². The Kier molecular flexibility index (Phi) is 11.2. The zero-order valence-electron chi connectivity index (χ0n) is 28.0. The van der Waals surface area contributed by atoms with Crippen molar-refractivity contribution in [2.45, 2.75) is 50.7 Å². The molecule has 1 aliphatic rings. The van der Waals surface area contributed by atoms with Crippen molar-refractivity contribution in [2.75, 3.05) is 46.6 Å². The number of carbonyl (C=O) groups is 1.